The Labute approximate surface area is 164 Å². The molecule has 1 N–H and O–H groups in total. The number of benzene rings is 1. The van der Waals surface area contributed by atoms with Crippen LogP contribution in [0.25, 0.3) is 11.0 Å². The lowest BCUT2D eigenvalue weighted by Crippen LogP contribution is -2.60. The molecule has 0 radical (unpaired) electrons. The van der Waals surface area contributed by atoms with Crippen LogP contribution in [-0.4, -0.2) is 58.7 Å². The monoisotopic (exact) mass is 375 g/mol. The predicted octanol–water partition coefficient (Wildman–Crippen LogP) is 3.03. The third-order valence-electron chi connectivity index (χ3n) is 7.12. The Kier molecular flexibility index (Phi) is 3.63. The molecule has 2 aromatic heterocycles. The molecule has 0 saturated carbocycles. The van der Waals surface area contributed by atoms with Crippen LogP contribution in [0.4, 0.5) is 5.82 Å². The molecule has 4 saturated heterocycles. The Morgan fingerprint density at radius 2 is 2.00 bits per heavy atom. The molecule has 4 fully saturated rings. The molecule has 28 heavy (non-hydrogen) atoms. The van der Waals surface area contributed by atoms with Gasteiger partial charge in [0.1, 0.15) is 23.5 Å². The summed E-state index contributed by atoms with van der Waals surface area (Å²) in [6.07, 6.45) is 6.25. The van der Waals surface area contributed by atoms with Crippen LogP contribution in [0.5, 0.6) is 5.75 Å². The van der Waals surface area contributed by atoms with Gasteiger partial charge in [-0.25, -0.2) is 9.97 Å². The van der Waals surface area contributed by atoms with Gasteiger partial charge in [-0.05, 0) is 55.6 Å². The summed E-state index contributed by atoms with van der Waals surface area (Å²) in [5.74, 6) is 3.24. The van der Waals surface area contributed by atoms with Gasteiger partial charge >= 0.3 is 0 Å². The fourth-order valence-corrected chi connectivity index (χ4v) is 5.92. The molecule has 4 aliphatic heterocycles. The van der Waals surface area contributed by atoms with Crippen molar-refractivity contribution in [2.75, 3.05) is 31.6 Å². The molecule has 6 heteroatoms. The SMILES string of the molecule is COc1cccc([C@@H]2CN(c3ncnc4[nH]ccc34)[C@@H]3C4CCN(CC4)[C@@H]32)c1. The van der Waals surface area contributed by atoms with E-state index in [0.717, 1.165) is 35.1 Å². The van der Waals surface area contributed by atoms with Gasteiger partial charge in [0.25, 0.3) is 0 Å². The number of nitrogens with zero attached hydrogens (tertiary/aromatic N) is 4. The first-order chi connectivity index (χ1) is 13.8. The third kappa shape index (κ3) is 2.30. The molecular weight excluding hydrogens is 350 g/mol. The van der Waals surface area contributed by atoms with E-state index in [2.05, 4.69) is 44.0 Å². The smallest absolute Gasteiger partial charge is 0.142 e. The molecule has 2 bridgehead atoms. The van der Waals surface area contributed by atoms with Crippen LogP contribution in [0.1, 0.15) is 24.3 Å². The van der Waals surface area contributed by atoms with Gasteiger partial charge in [0.2, 0.25) is 0 Å². The number of anilines is 1. The molecule has 0 aliphatic carbocycles. The summed E-state index contributed by atoms with van der Waals surface area (Å²) in [6, 6.07) is 11.8. The molecule has 144 valence electrons. The molecular formula is C22H25N5O. The van der Waals surface area contributed by atoms with E-state index >= 15 is 0 Å². The summed E-state index contributed by atoms with van der Waals surface area (Å²) < 4.78 is 5.52. The van der Waals surface area contributed by atoms with Crippen molar-refractivity contribution in [2.45, 2.75) is 30.8 Å². The second kappa shape index (κ2) is 6.21. The average Bonchev–Trinajstić information content (AvgIpc) is 3.40. The van der Waals surface area contributed by atoms with Gasteiger partial charge in [-0.1, -0.05) is 12.1 Å². The van der Waals surface area contributed by atoms with Gasteiger partial charge in [-0.2, -0.15) is 0 Å². The van der Waals surface area contributed by atoms with E-state index < -0.39 is 0 Å². The fourth-order valence-electron chi connectivity index (χ4n) is 5.92. The van der Waals surface area contributed by atoms with Crippen LogP contribution >= 0.6 is 0 Å². The summed E-state index contributed by atoms with van der Waals surface area (Å²) in [5, 5.41) is 1.13. The van der Waals surface area contributed by atoms with Crippen LogP contribution in [0, 0.1) is 5.92 Å². The zero-order valence-electron chi connectivity index (χ0n) is 16.1. The van der Waals surface area contributed by atoms with Crippen LogP contribution in [0.15, 0.2) is 42.9 Å². The normalized spacial score (nSPS) is 31.3. The lowest BCUT2D eigenvalue weighted by atomic mass is 9.75. The molecule has 3 atom stereocenters. The first-order valence-electron chi connectivity index (χ1n) is 10.3. The van der Waals surface area contributed by atoms with Gasteiger partial charge in [0.05, 0.1) is 12.5 Å². The quantitative estimate of drug-likeness (QED) is 0.763. The number of ether oxygens (including phenoxy) is 1. The molecule has 0 unspecified atom stereocenters. The third-order valence-corrected chi connectivity index (χ3v) is 7.12. The Hall–Kier alpha value is -2.60. The number of aromatic amines is 1. The van der Waals surface area contributed by atoms with Gasteiger partial charge in [0.15, 0.2) is 0 Å². The zero-order valence-corrected chi connectivity index (χ0v) is 16.1. The summed E-state index contributed by atoms with van der Waals surface area (Å²) in [6.45, 7) is 3.44. The van der Waals surface area contributed by atoms with Crippen molar-refractivity contribution in [3.05, 3.63) is 48.4 Å². The van der Waals surface area contributed by atoms with Crippen molar-refractivity contribution in [1.82, 2.24) is 19.9 Å². The van der Waals surface area contributed by atoms with Crippen molar-refractivity contribution in [3.8, 4) is 5.75 Å². The average molecular weight is 375 g/mol. The first-order valence-corrected chi connectivity index (χ1v) is 10.3. The Morgan fingerprint density at radius 1 is 1.11 bits per heavy atom. The van der Waals surface area contributed by atoms with Crippen molar-refractivity contribution in [3.63, 3.8) is 0 Å². The van der Waals surface area contributed by atoms with Crippen molar-refractivity contribution in [1.29, 1.82) is 0 Å². The highest BCUT2D eigenvalue weighted by Crippen LogP contribution is 2.48. The second-order valence-electron chi connectivity index (χ2n) is 8.33. The Morgan fingerprint density at radius 3 is 2.86 bits per heavy atom. The van der Waals surface area contributed by atoms with E-state index in [9.17, 15) is 0 Å². The highest BCUT2D eigenvalue weighted by Gasteiger charge is 2.54. The number of hydrogen-bond acceptors (Lipinski definition) is 5. The van der Waals surface area contributed by atoms with Crippen LogP contribution in [0.3, 0.4) is 0 Å². The van der Waals surface area contributed by atoms with E-state index in [1.807, 2.05) is 12.3 Å². The highest BCUT2D eigenvalue weighted by atomic mass is 16.5. The van der Waals surface area contributed by atoms with E-state index in [-0.39, 0.29) is 0 Å². The van der Waals surface area contributed by atoms with Crippen molar-refractivity contribution in [2.24, 2.45) is 5.92 Å². The van der Waals surface area contributed by atoms with Gasteiger partial charge in [-0.15, -0.1) is 0 Å². The predicted molar refractivity (Wildman–Crippen MR) is 109 cm³/mol. The minimum Gasteiger partial charge on any atom is -0.497 e. The number of H-pyrrole nitrogens is 1. The van der Waals surface area contributed by atoms with Crippen LogP contribution in [-0.2, 0) is 0 Å². The Bertz CT molecular complexity index is 1010. The standard InChI is InChI=1S/C22H25N5O/c1-28-16-4-2-3-15(11-16)18-12-27(19-14-6-9-26(10-7-14)20(18)19)22-17-5-8-23-21(17)24-13-25-22/h2-5,8,11,13-14,18-20H,6-7,9-10,12H2,1H3,(H,23,24,25)/t18-,19+,20+/m0/s1. The van der Waals surface area contributed by atoms with Crippen molar-refractivity contribution >= 4 is 16.9 Å². The lowest BCUT2D eigenvalue weighted by molar-refractivity contribution is 0.0355. The lowest BCUT2D eigenvalue weighted by Gasteiger charge is -2.51. The summed E-state index contributed by atoms with van der Waals surface area (Å²) in [5.41, 5.74) is 2.30. The minimum absolute atomic E-state index is 0.465. The maximum Gasteiger partial charge on any atom is 0.142 e. The second-order valence-corrected chi connectivity index (χ2v) is 8.33. The molecule has 3 aromatic rings. The van der Waals surface area contributed by atoms with Gasteiger partial charge in [-0.3, -0.25) is 4.90 Å². The van der Waals surface area contributed by atoms with Gasteiger partial charge in [0, 0.05) is 30.7 Å². The van der Waals surface area contributed by atoms with Crippen LogP contribution < -0.4 is 9.64 Å². The number of piperidine rings is 3. The van der Waals surface area contributed by atoms with E-state index in [1.165, 1.54) is 31.5 Å². The number of nitrogens with one attached hydrogen (secondary N) is 1. The summed E-state index contributed by atoms with van der Waals surface area (Å²) in [7, 11) is 1.75. The maximum atomic E-state index is 5.52. The first kappa shape index (κ1) is 16.4. The fraction of sp³-hybridized carbons (Fsp3) is 0.455. The minimum atomic E-state index is 0.465. The van der Waals surface area contributed by atoms with Gasteiger partial charge < -0.3 is 14.6 Å². The zero-order chi connectivity index (χ0) is 18.7. The number of fused-ring (bicyclic) bond motifs is 3. The molecule has 6 nitrogen and oxygen atoms in total. The topological polar surface area (TPSA) is 57.3 Å². The highest BCUT2D eigenvalue weighted by molar-refractivity contribution is 5.87. The molecule has 0 spiro atoms. The molecule has 0 amide bonds. The molecule has 6 heterocycles. The Balaban J connectivity index is 1.47. The summed E-state index contributed by atoms with van der Waals surface area (Å²) in [4.78, 5) is 17.7. The van der Waals surface area contributed by atoms with Crippen LogP contribution in [0.2, 0.25) is 0 Å². The molecule has 1 aromatic carbocycles. The van der Waals surface area contributed by atoms with Crippen molar-refractivity contribution < 1.29 is 4.74 Å². The molecule has 7 rings (SSSR count). The number of rotatable bonds is 3. The number of aromatic nitrogens is 3. The summed E-state index contributed by atoms with van der Waals surface area (Å²) >= 11 is 0. The number of methoxy groups -OCH3 is 1. The van der Waals surface area contributed by atoms with E-state index in [0.29, 0.717) is 18.0 Å². The molecule has 4 aliphatic rings. The maximum absolute atomic E-state index is 5.52. The van der Waals surface area contributed by atoms with E-state index in [4.69, 9.17) is 9.72 Å². The van der Waals surface area contributed by atoms with E-state index in [1.54, 1.807) is 13.4 Å². The number of hydrogen-bond donors (Lipinski definition) is 1. The largest absolute Gasteiger partial charge is 0.497 e.